The summed E-state index contributed by atoms with van der Waals surface area (Å²) in [5, 5.41) is 0. The van der Waals surface area contributed by atoms with E-state index in [1.165, 1.54) is 10.7 Å². The Hall–Kier alpha value is -1.66. The molecule has 0 saturated carbocycles. The number of hydrogen-bond donors (Lipinski definition) is 0. The van der Waals surface area contributed by atoms with Gasteiger partial charge in [-0.3, -0.25) is 0 Å². The fourth-order valence-corrected chi connectivity index (χ4v) is 16.5. The van der Waals surface area contributed by atoms with Crippen molar-refractivity contribution >= 4 is 39.6 Å². The molecule has 0 heterocycles. The average Bonchev–Trinajstić information content (AvgIpc) is 2.73. The number of benzene rings is 3. The molecule has 0 fully saturated rings. The van der Waals surface area contributed by atoms with Gasteiger partial charge in [-0.15, -0.1) is 0 Å². The van der Waals surface area contributed by atoms with Crippen LogP contribution in [0.2, 0.25) is 0 Å². The zero-order valence-electron chi connectivity index (χ0n) is 15.0. The second kappa shape index (κ2) is 8.35. The van der Waals surface area contributed by atoms with E-state index in [1.807, 2.05) is 36.4 Å². The van der Waals surface area contributed by atoms with Crippen LogP contribution in [0.25, 0.3) is 0 Å². The number of rotatable bonds is 6. The molecular formula is C21H21BrO3Sn. The van der Waals surface area contributed by atoms with E-state index in [2.05, 4.69) is 49.1 Å². The van der Waals surface area contributed by atoms with Gasteiger partial charge in [0.25, 0.3) is 0 Å². The van der Waals surface area contributed by atoms with Gasteiger partial charge in [0.05, 0.1) is 0 Å². The Morgan fingerprint density at radius 3 is 0.923 bits per heavy atom. The summed E-state index contributed by atoms with van der Waals surface area (Å²) < 4.78 is 19.9. The van der Waals surface area contributed by atoms with Crippen molar-refractivity contribution in [2.24, 2.45) is 0 Å². The van der Waals surface area contributed by atoms with E-state index in [4.69, 9.17) is 14.2 Å². The molecule has 0 spiro atoms. The maximum absolute atomic E-state index is 5.33. The third-order valence-electron chi connectivity index (χ3n) is 4.46. The van der Waals surface area contributed by atoms with E-state index in [1.54, 1.807) is 21.3 Å². The Morgan fingerprint density at radius 1 is 0.500 bits per heavy atom. The zero-order valence-corrected chi connectivity index (χ0v) is 19.5. The molecule has 0 atom stereocenters. The Labute approximate surface area is 164 Å². The van der Waals surface area contributed by atoms with E-state index in [9.17, 15) is 0 Å². The Kier molecular flexibility index (Phi) is 6.14. The summed E-state index contributed by atoms with van der Waals surface area (Å²) in [6.07, 6.45) is 0. The van der Waals surface area contributed by atoms with Gasteiger partial charge in [0, 0.05) is 0 Å². The van der Waals surface area contributed by atoms with E-state index < -0.39 is 16.2 Å². The first-order valence-electron chi connectivity index (χ1n) is 8.24. The first-order valence-corrected chi connectivity index (χ1v) is 18.9. The summed E-state index contributed by atoms with van der Waals surface area (Å²) in [6.45, 7) is 0. The summed E-state index contributed by atoms with van der Waals surface area (Å²) in [6, 6.07) is 25.1. The predicted molar refractivity (Wildman–Crippen MR) is 113 cm³/mol. The van der Waals surface area contributed by atoms with E-state index in [0.29, 0.717) is 0 Å². The van der Waals surface area contributed by atoms with E-state index in [0.717, 1.165) is 17.2 Å². The first kappa shape index (κ1) is 19.1. The van der Waals surface area contributed by atoms with Gasteiger partial charge in [-0.1, -0.05) is 0 Å². The van der Waals surface area contributed by atoms with Gasteiger partial charge in [-0.2, -0.15) is 0 Å². The van der Waals surface area contributed by atoms with E-state index >= 15 is 0 Å². The van der Waals surface area contributed by atoms with Gasteiger partial charge in [-0.05, 0) is 0 Å². The molecule has 5 heteroatoms. The number of hydrogen-bond acceptors (Lipinski definition) is 3. The fourth-order valence-electron chi connectivity index (χ4n) is 2.96. The number of methoxy groups -OCH3 is 3. The van der Waals surface area contributed by atoms with Crippen LogP contribution < -0.4 is 24.9 Å². The molecule has 0 aliphatic rings. The van der Waals surface area contributed by atoms with Gasteiger partial charge >= 0.3 is 165 Å². The molecule has 0 bridgehead atoms. The van der Waals surface area contributed by atoms with Crippen LogP contribution in [0.4, 0.5) is 0 Å². The molecule has 3 aromatic carbocycles. The number of halogens is 1. The molecule has 134 valence electrons. The Balaban J connectivity index is 2.15. The molecule has 3 aromatic rings. The van der Waals surface area contributed by atoms with E-state index in [-0.39, 0.29) is 0 Å². The van der Waals surface area contributed by atoms with Crippen molar-refractivity contribution in [2.75, 3.05) is 21.3 Å². The van der Waals surface area contributed by atoms with Crippen LogP contribution in [0, 0.1) is 0 Å². The molecule has 0 aliphatic heterocycles. The quantitative estimate of drug-likeness (QED) is 0.469. The molecule has 26 heavy (non-hydrogen) atoms. The third-order valence-corrected chi connectivity index (χ3v) is 23.3. The zero-order chi connectivity index (χ0) is 18.6. The summed E-state index contributed by atoms with van der Waals surface area (Å²) in [5.74, 6) is 2.58. The van der Waals surface area contributed by atoms with Gasteiger partial charge in [0.1, 0.15) is 0 Å². The van der Waals surface area contributed by atoms with Crippen molar-refractivity contribution in [3.05, 3.63) is 72.8 Å². The van der Waals surface area contributed by atoms with Crippen LogP contribution in [-0.4, -0.2) is 37.5 Å². The van der Waals surface area contributed by atoms with Gasteiger partial charge < -0.3 is 0 Å². The second-order valence-corrected chi connectivity index (χ2v) is 22.5. The molecule has 0 radical (unpaired) electrons. The predicted octanol–water partition coefficient (Wildman–Crippen LogP) is 3.07. The van der Waals surface area contributed by atoms with Crippen molar-refractivity contribution in [1.82, 2.24) is 0 Å². The fraction of sp³-hybridized carbons (Fsp3) is 0.143. The standard InChI is InChI=1S/3C7H7O.BrH.Sn/c3*1-8-7-5-3-2-4-6-7;;/h3*3-6H,1H3;1H;/q;;;;+1/p-1. The van der Waals surface area contributed by atoms with Crippen molar-refractivity contribution in [3.63, 3.8) is 0 Å². The monoisotopic (exact) mass is 520 g/mol. The van der Waals surface area contributed by atoms with Crippen LogP contribution in [0.5, 0.6) is 17.2 Å². The van der Waals surface area contributed by atoms with Gasteiger partial charge in [-0.25, -0.2) is 0 Å². The molecule has 3 rings (SSSR count). The molecule has 0 saturated heterocycles. The van der Waals surface area contributed by atoms with Crippen molar-refractivity contribution in [2.45, 2.75) is 0 Å². The molecule has 0 unspecified atom stereocenters. The molecule has 0 amide bonds. The van der Waals surface area contributed by atoms with Crippen molar-refractivity contribution in [3.8, 4) is 17.2 Å². The normalized spacial score (nSPS) is 11.1. The number of ether oxygens (including phenoxy) is 3. The molecule has 0 aliphatic carbocycles. The van der Waals surface area contributed by atoms with Crippen LogP contribution in [0.3, 0.4) is 0 Å². The molecular weight excluding hydrogens is 499 g/mol. The van der Waals surface area contributed by atoms with Gasteiger partial charge in [0.2, 0.25) is 0 Å². The summed E-state index contributed by atoms with van der Waals surface area (Å²) in [5.41, 5.74) is 0. The average molecular weight is 520 g/mol. The molecule has 0 aromatic heterocycles. The minimum atomic E-state index is -3.28. The van der Waals surface area contributed by atoms with Gasteiger partial charge in [0.15, 0.2) is 0 Å². The summed E-state index contributed by atoms with van der Waals surface area (Å²) in [7, 11) is 5.06. The first-order chi connectivity index (χ1) is 12.6. The topological polar surface area (TPSA) is 27.7 Å². The SMILES string of the molecule is COc1cc[c]([Sn]([Br])([c]2ccc(OC)cc2)[c]2ccc(OC)cc2)cc1. The Morgan fingerprint density at radius 2 is 0.731 bits per heavy atom. The van der Waals surface area contributed by atoms with Crippen molar-refractivity contribution in [1.29, 1.82) is 0 Å². The van der Waals surface area contributed by atoms with Crippen LogP contribution in [-0.2, 0) is 0 Å². The Bertz CT molecular complexity index is 730. The molecule has 3 nitrogen and oxygen atoms in total. The van der Waals surface area contributed by atoms with Crippen LogP contribution in [0.1, 0.15) is 0 Å². The second-order valence-electron chi connectivity index (χ2n) is 5.84. The summed E-state index contributed by atoms with van der Waals surface area (Å²) >= 11 is 0.957. The summed E-state index contributed by atoms with van der Waals surface area (Å²) in [4.78, 5) is 0. The van der Waals surface area contributed by atoms with Crippen LogP contribution in [0.15, 0.2) is 72.8 Å². The molecule has 0 N–H and O–H groups in total. The minimum absolute atomic E-state index is 0.861. The third kappa shape index (κ3) is 3.71. The van der Waals surface area contributed by atoms with Crippen molar-refractivity contribution < 1.29 is 14.2 Å². The van der Waals surface area contributed by atoms with Crippen LogP contribution >= 0.6 is 12.7 Å². The maximum atomic E-state index is 5.33.